The van der Waals surface area contributed by atoms with Gasteiger partial charge in [0.1, 0.15) is 0 Å². The zero-order valence-electron chi connectivity index (χ0n) is 1.78. The van der Waals surface area contributed by atoms with E-state index >= 15 is 0 Å². The second-order valence-electron chi connectivity index (χ2n) is 0. The summed E-state index contributed by atoms with van der Waals surface area (Å²) in [5, 5.41) is 0. The predicted octanol–water partition coefficient (Wildman–Crippen LogP) is -1.84. The van der Waals surface area contributed by atoms with Crippen molar-refractivity contribution in [3.63, 3.8) is 0 Å². The first-order chi connectivity index (χ1) is 0. The fourth-order valence-electron chi connectivity index (χ4n) is 0. The predicted molar refractivity (Wildman–Crippen MR) is 17.1 cm³/mol. The van der Waals surface area contributed by atoms with Gasteiger partial charge >= 0.3 is 0 Å². The van der Waals surface area contributed by atoms with E-state index in [1.165, 1.54) is 0 Å². The average Bonchev–Trinajstić information content (AvgIpc) is 0. The van der Waals surface area contributed by atoms with Crippen LogP contribution >= 0.6 is 0 Å². The summed E-state index contributed by atoms with van der Waals surface area (Å²) in [7, 11) is 0. The Morgan fingerprint density at radius 1 is 1.00 bits per heavy atom. The first-order valence-electron chi connectivity index (χ1n) is 0. The SMILES string of the molecule is [B].[SiH4].[Ti].[Zn]. The molecular formula is H4BSiTiZn. The van der Waals surface area contributed by atoms with Crippen molar-refractivity contribution in [3.8, 4) is 0 Å². The Bertz CT molecular complexity index is 8.00. The third-order valence-corrected chi connectivity index (χ3v) is 0. The van der Waals surface area contributed by atoms with Crippen LogP contribution in [-0.4, -0.2) is 19.4 Å². The smallest absolute Gasteiger partial charge is 0 e. The molecular weight excluding hydrogens is 152 g/mol. The second-order valence-corrected chi connectivity index (χ2v) is 0. The molecule has 4 heteroatoms. The zero-order valence-corrected chi connectivity index (χ0v) is 6.31. The molecule has 0 aliphatic carbocycles. The first kappa shape index (κ1) is 45.7. The molecule has 0 bridgehead atoms. The van der Waals surface area contributed by atoms with Crippen LogP contribution in [0.25, 0.3) is 0 Å². The molecule has 0 fully saturated rings. The summed E-state index contributed by atoms with van der Waals surface area (Å²) in [5.41, 5.74) is 0. The molecule has 0 aromatic heterocycles. The van der Waals surface area contributed by atoms with Crippen LogP contribution in [-0.2, 0) is 41.2 Å². The van der Waals surface area contributed by atoms with Gasteiger partial charge in [-0.1, -0.05) is 0 Å². The van der Waals surface area contributed by atoms with Crippen molar-refractivity contribution >= 4 is 19.4 Å². The number of rotatable bonds is 0. The van der Waals surface area contributed by atoms with E-state index in [1.54, 1.807) is 0 Å². The average molecular weight is 156 g/mol. The van der Waals surface area contributed by atoms with Crippen LogP contribution in [0.5, 0.6) is 0 Å². The molecule has 0 aromatic carbocycles. The molecule has 0 N–H and O–H groups in total. The Kier molecular flexibility index (Phi) is 264. The van der Waals surface area contributed by atoms with Crippen molar-refractivity contribution < 1.29 is 41.2 Å². The van der Waals surface area contributed by atoms with Crippen LogP contribution in [0.15, 0.2) is 0 Å². The summed E-state index contributed by atoms with van der Waals surface area (Å²) in [5.74, 6) is 0. The van der Waals surface area contributed by atoms with Crippen molar-refractivity contribution in [1.29, 1.82) is 0 Å². The van der Waals surface area contributed by atoms with Crippen LogP contribution in [0.4, 0.5) is 0 Å². The molecule has 17 valence electrons. The van der Waals surface area contributed by atoms with E-state index in [0.29, 0.717) is 0 Å². The summed E-state index contributed by atoms with van der Waals surface area (Å²) >= 11 is 0. The van der Waals surface area contributed by atoms with Crippen LogP contribution in [0.3, 0.4) is 0 Å². The molecule has 3 radical (unpaired) electrons. The summed E-state index contributed by atoms with van der Waals surface area (Å²) in [4.78, 5) is 0. The van der Waals surface area contributed by atoms with Crippen molar-refractivity contribution in [2.75, 3.05) is 0 Å². The maximum Gasteiger partial charge on any atom is 0 e. The van der Waals surface area contributed by atoms with E-state index in [0.717, 1.165) is 0 Å². The molecule has 0 spiro atoms. The van der Waals surface area contributed by atoms with Gasteiger partial charge in [-0.2, -0.15) is 0 Å². The van der Waals surface area contributed by atoms with Crippen molar-refractivity contribution in [2.45, 2.75) is 0 Å². The fourth-order valence-corrected chi connectivity index (χ4v) is 0. The van der Waals surface area contributed by atoms with E-state index in [1.807, 2.05) is 0 Å². The summed E-state index contributed by atoms with van der Waals surface area (Å²) in [6.07, 6.45) is 0. The van der Waals surface area contributed by atoms with Gasteiger partial charge in [-0.05, 0) is 11.0 Å². The summed E-state index contributed by atoms with van der Waals surface area (Å²) in [6, 6.07) is 0. The standard InChI is InChI=1S/B.H4Si.Ti.Zn/h;1H4;;. The third kappa shape index (κ3) is 9.47. The Morgan fingerprint density at radius 3 is 1.00 bits per heavy atom. The normalized spacial score (nSPS) is 0. The molecule has 0 amide bonds. The van der Waals surface area contributed by atoms with Gasteiger partial charge in [0.25, 0.3) is 0 Å². The van der Waals surface area contributed by atoms with Crippen molar-refractivity contribution in [1.82, 2.24) is 0 Å². The Hall–Kier alpha value is 1.62. The molecule has 4 heavy (non-hydrogen) atoms. The van der Waals surface area contributed by atoms with E-state index in [-0.39, 0.29) is 60.6 Å². The maximum absolute atomic E-state index is 0. The minimum absolute atomic E-state index is 0. The van der Waals surface area contributed by atoms with E-state index in [9.17, 15) is 0 Å². The van der Waals surface area contributed by atoms with Gasteiger partial charge in [0.15, 0.2) is 0 Å². The van der Waals surface area contributed by atoms with E-state index in [2.05, 4.69) is 0 Å². The molecule has 0 unspecified atom stereocenters. The Balaban J connectivity index is 0. The molecule has 0 aliphatic heterocycles. The van der Waals surface area contributed by atoms with Gasteiger partial charge in [-0.15, -0.1) is 0 Å². The Labute approximate surface area is 60.4 Å². The summed E-state index contributed by atoms with van der Waals surface area (Å²) in [6.45, 7) is 0. The molecule has 0 aromatic rings. The fraction of sp³-hybridized carbons (Fsp3) is 0. The third-order valence-electron chi connectivity index (χ3n) is 0. The van der Waals surface area contributed by atoms with Crippen LogP contribution in [0, 0.1) is 0 Å². The van der Waals surface area contributed by atoms with Gasteiger partial charge in [0, 0.05) is 49.6 Å². The van der Waals surface area contributed by atoms with Crippen LogP contribution in [0.1, 0.15) is 0 Å². The maximum atomic E-state index is 0. The van der Waals surface area contributed by atoms with Gasteiger partial charge < -0.3 is 0 Å². The molecule has 0 nitrogen and oxygen atoms in total. The van der Waals surface area contributed by atoms with Crippen molar-refractivity contribution in [2.24, 2.45) is 0 Å². The van der Waals surface area contributed by atoms with Gasteiger partial charge in [-0.3, -0.25) is 0 Å². The number of hydrogen-bond donors (Lipinski definition) is 0. The first-order valence-corrected chi connectivity index (χ1v) is 0. The molecule has 0 saturated carbocycles. The molecule has 0 heterocycles. The minimum atomic E-state index is 0. The number of hydrogen-bond acceptors (Lipinski definition) is 0. The quantitative estimate of drug-likeness (QED) is 0.362. The summed E-state index contributed by atoms with van der Waals surface area (Å²) < 4.78 is 0. The van der Waals surface area contributed by atoms with Crippen LogP contribution in [0.2, 0.25) is 0 Å². The topological polar surface area (TPSA) is 0 Å². The van der Waals surface area contributed by atoms with Gasteiger partial charge in [-0.25, -0.2) is 0 Å². The zero-order chi connectivity index (χ0) is 0. The van der Waals surface area contributed by atoms with Gasteiger partial charge in [0.2, 0.25) is 0 Å². The Morgan fingerprint density at radius 2 is 1.00 bits per heavy atom. The molecule has 0 aliphatic rings. The van der Waals surface area contributed by atoms with Crippen molar-refractivity contribution in [3.05, 3.63) is 0 Å². The minimum Gasteiger partial charge on any atom is -0.0149 e. The molecule has 0 atom stereocenters. The largest absolute Gasteiger partial charge is 0.0149 e. The van der Waals surface area contributed by atoms with E-state index in [4.69, 9.17) is 0 Å². The monoisotopic (exact) mass is 155 g/mol. The van der Waals surface area contributed by atoms with Crippen LogP contribution < -0.4 is 0 Å². The second kappa shape index (κ2) is 23.1. The molecule has 0 saturated heterocycles. The van der Waals surface area contributed by atoms with Gasteiger partial charge in [0.05, 0.1) is 0 Å². The van der Waals surface area contributed by atoms with E-state index < -0.39 is 0 Å². The molecule has 0 rings (SSSR count).